The summed E-state index contributed by atoms with van der Waals surface area (Å²) >= 11 is 0. The molecule has 1 aliphatic rings. The van der Waals surface area contributed by atoms with Crippen LogP contribution in [-0.2, 0) is 0 Å². The zero-order chi connectivity index (χ0) is 16.7. The smallest absolute Gasteiger partial charge is 0.319 e. The van der Waals surface area contributed by atoms with Gasteiger partial charge in [-0.3, -0.25) is 10.1 Å². The number of hydrogen-bond donors (Lipinski definition) is 2. The maximum atomic E-state index is 11.8. The van der Waals surface area contributed by atoms with Crippen LogP contribution in [0, 0.1) is 16.0 Å². The summed E-state index contributed by atoms with van der Waals surface area (Å²) in [5, 5.41) is 16.1. The molecule has 1 heterocycles. The van der Waals surface area contributed by atoms with Gasteiger partial charge in [-0.1, -0.05) is 13.0 Å². The van der Waals surface area contributed by atoms with Crippen molar-refractivity contribution in [2.24, 2.45) is 5.92 Å². The SMILES string of the molecule is CC1CCN(CCCNC(=O)Nc2cccc([N+](=O)[O-])c2)CC1. The maximum absolute atomic E-state index is 11.8. The summed E-state index contributed by atoms with van der Waals surface area (Å²) in [6.45, 7) is 6.15. The second-order valence-electron chi connectivity index (χ2n) is 6.07. The Bertz CT molecular complexity index is 542. The molecule has 1 aromatic rings. The third-order valence-corrected chi connectivity index (χ3v) is 4.13. The van der Waals surface area contributed by atoms with E-state index >= 15 is 0 Å². The van der Waals surface area contributed by atoms with Gasteiger partial charge in [0, 0.05) is 24.4 Å². The Morgan fingerprint density at radius 3 is 2.83 bits per heavy atom. The first-order chi connectivity index (χ1) is 11.0. The number of likely N-dealkylation sites (tertiary alicyclic amines) is 1. The zero-order valence-electron chi connectivity index (χ0n) is 13.5. The average molecular weight is 320 g/mol. The van der Waals surface area contributed by atoms with Crippen LogP contribution >= 0.6 is 0 Å². The van der Waals surface area contributed by atoms with Crippen LogP contribution in [0.15, 0.2) is 24.3 Å². The fourth-order valence-corrected chi connectivity index (χ4v) is 2.66. The number of nitro groups is 1. The second kappa shape index (κ2) is 8.47. The van der Waals surface area contributed by atoms with Gasteiger partial charge in [0.2, 0.25) is 0 Å². The van der Waals surface area contributed by atoms with Crippen molar-refractivity contribution < 1.29 is 9.72 Å². The Morgan fingerprint density at radius 1 is 1.39 bits per heavy atom. The average Bonchev–Trinajstić information content (AvgIpc) is 2.53. The molecule has 0 saturated carbocycles. The zero-order valence-corrected chi connectivity index (χ0v) is 13.5. The molecule has 0 atom stereocenters. The summed E-state index contributed by atoms with van der Waals surface area (Å²) in [4.78, 5) is 24.4. The van der Waals surface area contributed by atoms with Gasteiger partial charge < -0.3 is 15.5 Å². The summed E-state index contributed by atoms with van der Waals surface area (Å²) in [7, 11) is 0. The molecule has 0 radical (unpaired) electrons. The largest absolute Gasteiger partial charge is 0.338 e. The molecule has 23 heavy (non-hydrogen) atoms. The molecule has 2 rings (SSSR count). The van der Waals surface area contributed by atoms with Crippen LogP contribution in [0.1, 0.15) is 26.2 Å². The standard InChI is InChI=1S/C16H24N4O3/c1-13-6-10-19(11-7-13)9-3-8-17-16(21)18-14-4-2-5-15(12-14)20(22)23/h2,4-5,12-13H,3,6-11H2,1H3,(H2,17,18,21). The van der Waals surface area contributed by atoms with Crippen LogP contribution < -0.4 is 10.6 Å². The summed E-state index contributed by atoms with van der Waals surface area (Å²) < 4.78 is 0. The number of carbonyl (C=O) groups excluding carboxylic acids is 1. The van der Waals surface area contributed by atoms with E-state index in [0.717, 1.165) is 32.0 Å². The molecule has 126 valence electrons. The Balaban J connectivity index is 1.65. The first kappa shape index (κ1) is 17.2. The van der Waals surface area contributed by atoms with Gasteiger partial charge in [-0.25, -0.2) is 4.79 Å². The van der Waals surface area contributed by atoms with Crippen molar-refractivity contribution >= 4 is 17.4 Å². The number of amides is 2. The van der Waals surface area contributed by atoms with Crippen molar-refractivity contribution in [3.63, 3.8) is 0 Å². The highest BCUT2D eigenvalue weighted by atomic mass is 16.6. The summed E-state index contributed by atoms with van der Waals surface area (Å²) in [5.41, 5.74) is 0.379. The number of hydrogen-bond acceptors (Lipinski definition) is 4. The minimum Gasteiger partial charge on any atom is -0.338 e. The van der Waals surface area contributed by atoms with Gasteiger partial charge in [-0.15, -0.1) is 0 Å². The van der Waals surface area contributed by atoms with Gasteiger partial charge >= 0.3 is 6.03 Å². The normalized spacial score (nSPS) is 16.0. The monoisotopic (exact) mass is 320 g/mol. The second-order valence-corrected chi connectivity index (χ2v) is 6.07. The lowest BCUT2D eigenvalue weighted by Crippen LogP contribution is -2.36. The lowest BCUT2D eigenvalue weighted by Gasteiger charge is -2.30. The van der Waals surface area contributed by atoms with Gasteiger partial charge in [0.05, 0.1) is 4.92 Å². The predicted octanol–water partition coefficient (Wildman–Crippen LogP) is 2.84. The predicted molar refractivity (Wildman–Crippen MR) is 89.6 cm³/mol. The minimum absolute atomic E-state index is 0.0397. The Labute approximate surface area is 136 Å². The molecule has 1 fully saturated rings. The number of urea groups is 1. The number of carbonyl (C=O) groups is 1. The molecule has 1 aliphatic heterocycles. The van der Waals surface area contributed by atoms with Gasteiger partial charge in [0.25, 0.3) is 5.69 Å². The van der Waals surface area contributed by atoms with E-state index in [-0.39, 0.29) is 11.7 Å². The third-order valence-electron chi connectivity index (χ3n) is 4.13. The quantitative estimate of drug-likeness (QED) is 0.479. The lowest BCUT2D eigenvalue weighted by atomic mass is 9.99. The number of piperidine rings is 1. The molecule has 0 unspecified atom stereocenters. The van der Waals surface area contributed by atoms with Crippen LogP contribution in [0.5, 0.6) is 0 Å². The van der Waals surface area contributed by atoms with Crippen molar-refractivity contribution in [2.45, 2.75) is 26.2 Å². The molecule has 2 amide bonds. The molecular weight excluding hydrogens is 296 g/mol. The molecule has 0 spiro atoms. The van der Waals surface area contributed by atoms with E-state index in [4.69, 9.17) is 0 Å². The Morgan fingerprint density at radius 2 is 2.13 bits per heavy atom. The van der Waals surface area contributed by atoms with Gasteiger partial charge in [0.15, 0.2) is 0 Å². The van der Waals surface area contributed by atoms with Crippen molar-refractivity contribution in [3.8, 4) is 0 Å². The van der Waals surface area contributed by atoms with Crippen LogP contribution in [0.25, 0.3) is 0 Å². The number of nitrogens with zero attached hydrogens (tertiary/aromatic N) is 2. The van der Waals surface area contributed by atoms with Gasteiger partial charge in [0.1, 0.15) is 0 Å². The van der Waals surface area contributed by atoms with Crippen LogP contribution in [-0.4, -0.2) is 42.0 Å². The van der Waals surface area contributed by atoms with Gasteiger partial charge in [-0.05, 0) is 50.9 Å². The van der Waals surface area contributed by atoms with Gasteiger partial charge in [-0.2, -0.15) is 0 Å². The summed E-state index contributed by atoms with van der Waals surface area (Å²) in [5.74, 6) is 0.824. The molecule has 2 N–H and O–H groups in total. The van der Waals surface area contributed by atoms with Crippen molar-refractivity contribution in [1.29, 1.82) is 0 Å². The van der Waals surface area contributed by atoms with Crippen molar-refractivity contribution in [2.75, 3.05) is 31.5 Å². The first-order valence-corrected chi connectivity index (χ1v) is 8.06. The molecule has 0 aromatic heterocycles. The number of non-ortho nitro benzene ring substituents is 1. The first-order valence-electron chi connectivity index (χ1n) is 8.06. The van der Waals surface area contributed by atoms with Crippen LogP contribution in [0.2, 0.25) is 0 Å². The van der Waals surface area contributed by atoms with E-state index in [1.54, 1.807) is 12.1 Å². The fraction of sp³-hybridized carbons (Fsp3) is 0.562. The Kier molecular flexibility index (Phi) is 6.34. The van der Waals surface area contributed by atoms with E-state index in [1.807, 2.05) is 0 Å². The minimum atomic E-state index is -0.484. The topological polar surface area (TPSA) is 87.5 Å². The van der Waals surface area contributed by atoms with E-state index in [9.17, 15) is 14.9 Å². The molecule has 0 bridgehead atoms. The van der Waals surface area contributed by atoms with E-state index in [0.29, 0.717) is 12.2 Å². The van der Waals surface area contributed by atoms with E-state index in [1.165, 1.54) is 25.0 Å². The van der Waals surface area contributed by atoms with Crippen LogP contribution in [0.4, 0.5) is 16.2 Å². The van der Waals surface area contributed by atoms with Crippen molar-refractivity contribution in [1.82, 2.24) is 10.2 Å². The number of nitro benzene ring substituents is 1. The fourth-order valence-electron chi connectivity index (χ4n) is 2.66. The highest BCUT2D eigenvalue weighted by Crippen LogP contribution is 2.17. The third kappa shape index (κ3) is 5.86. The molecule has 1 saturated heterocycles. The molecule has 7 heteroatoms. The highest BCUT2D eigenvalue weighted by Gasteiger charge is 2.14. The summed E-state index contributed by atoms with van der Waals surface area (Å²) in [6, 6.07) is 5.57. The number of anilines is 1. The lowest BCUT2D eigenvalue weighted by molar-refractivity contribution is -0.384. The highest BCUT2D eigenvalue weighted by molar-refractivity contribution is 5.89. The molecule has 0 aliphatic carbocycles. The van der Waals surface area contributed by atoms with Crippen molar-refractivity contribution in [3.05, 3.63) is 34.4 Å². The number of rotatable bonds is 6. The maximum Gasteiger partial charge on any atom is 0.319 e. The Hall–Kier alpha value is -2.15. The number of benzene rings is 1. The molecule has 7 nitrogen and oxygen atoms in total. The summed E-state index contributed by atoms with van der Waals surface area (Å²) in [6.07, 6.45) is 3.40. The van der Waals surface area contributed by atoms with E-state index in [2.05, 4.69) is 22.5 Å². The van der Waals surface area contributed by atoms with E-state index < -0.39 is 4.92 Å². The van der Waals surface area contributed by atoms with Crippen LogP contribution in [0.3, 0.4) is 0 Å². The molecular formula is C16H24N4O3. The molecule has 1 aromatic carbocycles. The number of nitrogens with one attached hydrogen (secondary N) is 2.